The number of non-ortho nitro benzene ring substituents is 1. The number of rotatable bonds is 9. The van der Waals surface area contributed by atoms with Crippen molar-refractivity contribution >= 4 is 29.1 Å². The summed E-state index contributed by atoms with van der Waals surface area (Å²) in [6.07, 6.45) is 0. The summed E-state index contributed by atoms with van der Waals surface area (Å²) in [4.78, 5) is 49.4. The van der Waals surface area contributed by atoms with Gasteiger partial charge in [0.2, 0.25) is 11.8 Å². The third-order valence-corrected chi connectivity index (χ3v) is 4.99. The zero-order valence-corrected chi connectivity index (χ0v) is 18.9. The molecule has 0 aliphatic rings. The lowest BCUT2D eigenvalue weighted by atomic mass is 10.1. The fourth-order valence-corrected chi connectivity index (χ4v) is 3.19. The second kappa shape index (κ2) is 11.5. The molecule has 35 heavy (non-hydrogen) atoms. The van der Waals surface area contributed by atoms with Crippen molar-refractivity contribution in [2.45, 2.75) is 13.5 Å². The first-order chi connectivity index (χ1) is 16.7. The highest BCUT2D eigenvalue weighted by Gasteiger charge is 2.21. The van der Waals surface area contributed by atoms with E-state index in [1.165, 1.54) is 47.4 Å². The Kier molecular flexibility index (Phi) is 8.23. The Morgan fingerprint density at radius 3 is 2.31 bits per heavy atom. The zero-order chi connectivity index (χ0) is 25.4. The third kappa shape index (κ3) is 7.46. The van der Waals surface area contributed by atoms with Crippen LogP contribution in [0.5, 0.6) is 0 Å². The first-order valence-corrected chi connectivity index (χ1v) is 10.6. The minimum absolute atomic E-state index is 0.0197. The second-order valence-corrected chi connectivity index (χ2v) is 7.79. The van der Waals surface area contributed by atoms with Crippen LogP contribution in [0.4, 0.5) is 15.8 Å². The summed E-state index contributed by atoms with van der Waals surface area (Å²) < 4.78 is 13.3. The van der Waals surface area contributed by atoms with Gasteiger partial charge in [-0.2, -0.15) is 0 Å². The van der Waals surface area contributed by atoms with E-state index < -0.39 is 35.0 Å². The number of carbonyl (C=O) groups excluding carboxylic acids is 3. The molecule has 3 aromatic carbocycles. The molecule has 0 aromatic heterocycles. The highest BCUT2D eigenvalue weighted by atomic mass is 19.1. The van der Waals surface area contributed by atoms with E-state index in [1.54, 1.807) is 12.1 Å². The van der Waals surface area contributed by atoms with E-state index in [4.69, 9.17) is 0 Å². The fraction of sp³-hybridized carbons (Fsp3) is 0.160. The number of hydrogen-bond acceptors (Lipinski definition) is 5. The van der Waals surface area contributed by atoms with Crippen molar-refractivity contribution in [3.8, 4) is 0 Å². The van der Waals surface area contributed by atoms with Gasteiger partial charge < -0.3 is 15.5 Å². The maximum Gasteiger partial charge on any atom is 0.270 e. The van der Waals surface area contributed by atoms with Gasteiger partial charge in [-0.05, 0) is 42.8 Å². The summed E-state index contributed by atoms with van der Waals surface area (Å²) in [5.74, 6) is -2.14. The van der Waals surface area contributed by atoms with E-state index in [0.29, 0.717) is 11.3 Å². The number of amides is 3. The van der Waals surface area contributed by atoms with Crippen molar-refractivity contribution in [3.63, 3.8) is 0 Å². The van der Waals surface area contributed by atoms with Crippen LogP contribution >= 0.6 is 0 Å². The number of nitro benzene ring substituents is 1. The molecular formula is C25H23FN4O5. The van der Waals surface area contributed by atoms with Crippen molar-refractivity contribution in [1.82, 2.24) is 10.2 Å². The van der Waals surface area contributed by atoms with Gasteiger partial charge in [-0.15, -0.1) is 0 Å². The molecule has 0 heterocycles. The number of hydrogen-bond donors (Lipinski definition) is 2. The zero-order valence-electron chi connectivity index (χ0n) is 18.9. The molecule has 180 valence electrons. The number of nitrogens with zero attached hydrogens (tertiary/aromatic N) is 2. The van der Waals surface area contributed by atoms with Crippen molar-refractivity contribution < 1.29 is 23.7 Å². The number of aryl methyl sites for hydroxylation is 1. The third-order valence-electron chi connectivity index (χ3n) is 4.99. The summed E-state index contributed by atoms with van der Waals surface area (Å²) in [6, 6.07) is 17.7. The molecule has 3 amide bonds. The average Bonchev–Trinajstić information content (AvgIpc) is 2.84. The van der Waals surface area contributed by atoms with Crippen LogP contribution in [0, 0.1) is 22.9 Å². The van der Waals surface area contributed by atoms with Crippen LogP contribution in [0.2, 0.25) is 0 Å². The van der Waals surface area contributed by atoms with E-state index in [9.17, 15) is 28.9 Å². The van der Waals surface area contributed by atoms with Crippen LogP contribution in [0.1, 0.15) is 21.5 Å². The van der Waals surface area contributed by atoms with Gasteiger partial charge in [0.1, 0.15) is 12.4 Å². The van der Waals surface area contributed by atoms with Gasteiger partial charge in [0.15, 0.2) is 0 Å². The molecule has 0 aliphatic carbocycles. The second-order valence-electron chi connectivity index (χ2n) is 7.79. The molecule has 3 rings (SSSR count). The maximum absolute atomic E-state index is 13.3. The van der Waals surface area contributed by atoms with E-state index >= 15 is 0 Å². The predicted octanol–water partition coefficient (Wildman–Crippen LogP) is 3.44. The quantitative estimate of drug-likeness (QED) is 0.360. The summed E-state index contributed by atoms with van der Waals surface area (Å²) in [5, 5.41) is 16.2. The number of nitrogens with one attached hydrogen (secondary N) is 2. The molecule has 2 N–H and O–H groups in total. The van der Waals surface area contributed by atoms with E-state index in [-0.39, 0.29) is 24.3 Å². The number of anilines is 1. The Labute approximate surface area is 200 Å². The Hall–Kier alpha value is -4.60. The fourth-order valence-electron chi connectivity index (χ4n) is 3.19. The summed E-state index contributed by atoms with van der Waals surface area (Å²) in [5.41, 5.74) is 1.91. The monoisotopic (exact) mass is 478 g/mol. The van der Waals surface area contributed by atoms with Gasteiger partial charge in [-0.1, -0.05) is 35.9 Å². The molecule has 9 nitrogen and oxygen atoms in total. The van der Waals surface area contributed by atoms with Crippen LogP contribution in [-0.2, 0) is 16.1 Å². The number of benzene rings is 3. The molecular weight excluding hydrogens is 455 g/mol. The highest BCUT2D eigenvalue weighted by molar-refractivity contribution is 5.98. The van der Waals surface area contributed by atoms with Crippen molar-refractivity contribution in [2.24, 2.45) is 0 Å². The topological polar surface area (TPSA) is 122 Å². The Balaban J connectivity index is 1.68. The molecule has 3 aromatic rings. The smallest absolute Gasteiger partial charge is 0.270 e. The van der Waals surface area contributed by atoms with Crippen LogP contribution in [0.25, 0.3) is 0 Å². The largest absolute Gasteiger partial charge is 0.345 e. The van der Waals surface area contributed by atoms with Gasteiger partial charge in [0, 0.05) is 29.9 Å². The first kappa shape index (κ1) is 25.0. The Bertz CT molecular complexity index is 1230. The molecule has 0 spiro atoms. The summed E-state index contributed by atoms with van der Waals surface area (Å²) >= 11 is 0. The standard InChI is InChI=1S/C25H23FN4O5/c1-17-5-11-21(12-6-17)28-23(31)14-27-24(32)16-29(15-18-7-9-20(26)10-8-18)25(33)19-3-2-4-22(13-19)30(34)35/h2-13H,14-16H2,1H3,(H,27,32)(H,28,31). The lowest BCUT2D eigenvalue weighted by Gasteiger charge is -2.22. The van der Waals surface area contributed by atoms with Gasteiger partial charge in [0.25, 0.3) is 11.6 Å². The normalized spacial score (nSPS) is 10.3. The van der Waals surface area contributed by atoms with E-state index in [1.807, 2.05) is 19.1 Å². The van der Waals surface area contributed by atoms with Gasteiger partial charge in [0.05, 0.1) is 11.5 Å². The Morgan fingerprint density at radius 2 is 1.66 bits per heavy atom. The van der Waals surface area contributed by atoms with Crippen LogP contribution in [0.3, 0.4) is 0 Å². The first-order valence-electron chi connectivity index (χ1n) is 10.6. The summed E-state index contributed by atoms with van der Waals surface area (Å²) in [7, 11) is 0. The van der Waals surface area contributed by atoms with E-state index in [0.717, 1.165) is 11.6 Å². The van der Waals surface area contributed by atoms with Crippen molar-refractivity contribution in [3.05, 3.63) is 105 Å². The molecule has 0 aliphatic heterocycles. The number of carbonyl (C=O) groups is 3. The maximum atomic E-state index is 13.3. The van der Waals surface area contributed by atoms with Gasteiger partial charge >= 0.3 is 0 Å². The lowest BCUT2D eigenvalue weighted by Crippen LogP contribution is -2.42. The SMILES string of the molecule is Cc1ccc(NC(=O)CNC(=O)CN(Cc2ccc(F)cc2)C(=O)c2cccc([N+](=O)[O-])c2)cc1. The lowest BCUT2D eigenvalue weighted by molar-refractivity contribution is -0.384. The molecule has 0 bridgehead atoms. The average molecular weight is 478 g/mol. The Morgan fingerprint density at radius 1 is 0.971 bits per heavy atom. The minimum Gasteiger partial charge on any atom is -0.345 e. The van der Waals surface area contributed by atoms with Crippen molar-refractivity contribution in [2.75, 3.05) is 18.4 Å². The number of halogens is 1. The predicted molar refractivity (Wildman–Crippen MR) is 127 cm³/mol. The minimum atomic E-state index is -0.628. The van der Waals surface area contributed by atoms with Gasteiger partial charge in [-0.3, -0.25) is 24.5 Å². The van der Waals surface area contributed by atoms with Crippen LogP contribution in [-0.4, -0.2) is 40.6 Å². The molecule has 0 radical (unpaired) electrons. The molecule has 0 fully saturated rings. The summed E-state index contributed by atoms with van der Waals surface area (Å²) in [6.45, 7) is 1.13. The van der Waals surface area contributed by atoms with Gasteiger partial charge in [-0.25, -0.2) is 4.39 Å². The molecule has 0 saturated heterocycles. The highest BCUT2D eigenvalue weighted by Crippen LogP contribution is 2.17. The molecule has 0 saturated carbocycles. The molecule has 10 heteroatoms. The van der Waals surface area contributed by atoms with Crippen LogP contribution in [0.15, 0.2) is 72.8 Å². The molecule has 0 atom stereocenters. The van der Waals surface area contributed by atoms with E-state index in [2.05, 4.69) is 10.6 Å². The van der Waals surface area contributed by atoms with Crippen LogP contribution < -0.4 is 10.6 Å². The molecule has 0 unspecified atom stereocenters. The number of nitro groups is 1. The van der Waals surface area contributed by atoms with Crippen molar-refractivity contribution in [1.29, 1.82) is 0 Å².